The Labute approximate surface area is 144 Å². The predicted octanol–water partition coefficient (Wildman–Crippen LogP) is 1.25. The lowest BCUT2D eigenvalue weighted by Gasteiger charge is -2.22. The van der Waals surface area contributed by atoms with Crippen LogP contribution in [0.1, 0.15) is 39.0 Å². The SMILES string of the molecule is CCNC(=NCC(=O)NC1CCCCC1)NCCOC.I. The van der Waals surface area contributed by atoms with Crippen molar-refractivity contribution in [3.05, 3.63) is 0 Å². The van der Waals surface area contributed by atoms with Crippen LogP contribution in [0.3, 0.4) is 0 Å². The second-order valence-electron chi connectivity index (χ2n) is 5.02. The van der Waals surface area contributed by atoms with Crippen LogP contribution in [-0.2, 0) is 9.53 Å². The van der Waals surface area contributed by atoms with E-state index in [4.69, 9.17) is 4.74 Å². The molecule has 21 heavy (non-hydrogen) atoms. The van der Waals surface area contributed by atoms with Gasteiger partial charge in [-0.05, 0) is 19.8 Å². The minimum atomic E-state index is 0. The highest BCUT2D eigenvalue weighted by Gasteiger charge is 2.15. The first-order valence-corrected chi connectivity index (χ1v) is 7.56. The number of nitrogens with one attached hydrogen (secondary N) is 3. The molecule has 0 aromatic heterocycles. The lowest BCUT2D eigenvalue weighted by atomic mass is 9.95. The molecule has 6 nitrogen and oxygen atoms in total. The van der Waals surface area contributed by atoms with Gasteiger partial charge in [-0.15, -0.1) is 24.0 Å². The zero-order chi connectivity index (χ0) is 14.6. The highest BCUT2D eigenvalue weighted by Crippen LogP contribution is 2.17. The number of ether oxygens (including phenoxy) is 1. The maximum atomic E-state index is 11.9. The highest BCUT2D eigenvalue weighted by atomic mass is 127. The molecule has 0 spiro atoms. The zero-order valence-electron chi connectivity index (χ0n) is 13.1. The van der Waals surface area contributed by atoms with Crippen LogP contribution in [0.4, 0.5) is 0 Å². The van der Waals surface area contributed by atoms with Gasteiger partial charge in [-0.3, -0.25) is 4.79 Å². The van der Waals surface area contributed by atoms with Crippen molar-refractivity contribution in [2.45, 2.75) is 45.1 Å². The summed E-state index contributed by atoms with van der Waals surface area (Å²) in [4.78, 5) is 16.1. The first-order chi connectivity index (χ1) is 9.76. The molecule has 1 saturated carbocycles. The van der Waals surface area contributed by atoms with Crippen molar-refractivity contribution >= 4 is 35.8 Å². The van der Waals surface area contributed by atoms with Crippen molar-refractivity contribution in [3.63, 3.8) is 0 Å². The Morgan fingerprint density at radius 1 is 1.24 bits per heavy atom. The highest BCUT2D eigenvalue weighted by molar-refractivity contribution is 14.0. The Balaban J connectivity index is 0.00000400. The molecule has 0 heterocycles. The predicted molar refractivity (Wildman–Crippen MR) is 96.3 cm³/mol. The first-order valence-electron chi connectivity index (χ1n) is 7.56. The number of halogens is 1. The van der Waals surface area contributed by atoms with E-state index in [1.54, 1.807) is 7.11 Å². The van der Waals surface area contributed by atoms with Gasteiger partial charge < -0.3 is 20.7 Å². The van der Waals surface area contributed by atoms with Crippen LogP contribution in [0.5, 0.6) is 0 Å². The van der Waals surface area contributed by atoms with Crippen LogP contribution in [0, 0.1) is 0 Å². The number of hydrogen-bond acceptors (Lipinski definition) is 3. The topological polar surface area (TPSA) is 74.8 Å². The van der Waals surface area contributed by atoms with E-state index in [9.17, 15) is 4.79 Å². The van der Waals surface area contributed by atoms with E-state index in [1.165, 1.54) is 19.3 Å². The molecule has 0 aromatic carbocycles. The Kier molecular flexibility index (Phi) is 12.8. The Morgan fingerprint density at radius 2 is 1.95 bits per heavy atom. The monoisotopic (exact) mass is 412 g/mol. The van der Waals surface area contributed by atoms with Gasteiger partial charge in [0, 0.05) is 26.2 Å². The van der Waals surface area contributed by atoms with Crippen molar-refractivity contribution in [2.24, 2.45) is 4.99 Å². The molecule has 124 valence electrons. The summed E-state index contributed by atoms with van der Waals surface area (Å²) in [5, 5.41) is 9.28. The Bertz CT molecular complexity index is 307. The number of carbonyl (C=O) groups is 1. The summed E-state index contributed by atoms with van der Waals surface area (Å²) in [5.41, 5.74) is 0. The summed E-state index contributed by atoms with van der Waals surface area (Å²) >= 11 is 0. The van der Waals surface area contributed by atoms with E-state index in [-0.39, 0.29) is 36.4 Å². The average molecular weight is 412 g/mol. The molecule has 0 atom stereocenters. The van der Waals surface area contributed by atoms with Crippen molar-refractivity contribution in [3.8, 4) is 0 Å². The van der Waals surface area contributed by atoms with Crippen LogP contribution < -0.4 is 16.0 Å². The third-order valence-electron chi connectivity index (χ3n) is 3.29. The van der Waals surface area contributed by atoms with Crippen LogP contribution >= 0.6 is 24.0 Å². The minimum absolute atomic E-state index is 0. The molecule has 0 saturated heterocycles. The number of nitrogens with zero attached hydrogens (tertiary/aromatic N) is 1. The molecule has 7 heteroatoms. The van der Waals surface area contributed by atoms with E-state index >= 15 is 0 Å². The molecule has 0 radical (unpaired) electrons. The van der Waals surface area contributed by atoms with Gasteiger partial charge in [0.05, 0.1) is 6.61 Å². The number of rotatable bonds is 7. The molecule has 1 amide bonds. The van der Waals surface area contributed by atoms with Crippen LogP contribution in [0.15, 0.2) is 4.99 Å². The standard InChI is InChI=1S/C14H28N4O2.HI/c1-3-15-14(16-9-10-20-2)17-11-13(19)18-12-7-5-4-6-8-12;/h12H,3-11H2,1-2H3,(H,18,19)(H2,15,16,17);1H. The fourth-order valence-corrected chi connectivity index (χ4v) is 2.28. The van der Waals surface area contributed by atoms with Crippen molar-refractivity contribution in [2.75, 3.05) is 33.4 Å². The number of hydrogen-bond donors (Lipinski definition) is 3. The van der Waals surface area contributed by atoms with E-state index < -0.39 is 0 Å². The molecular weight excluding hydrogens is 383 g/mol. The van der Waals surface area contributed by atoms with Gasteiger partial charge in [0.25, 0.3) is 0 Å². The van der Waals surface area contributed by atoms with Gasteiger partial charge in [0.2, 0.25) is 5.91 Å². The molecule has 0 bridgehead atoms. The second kappa shape index (κ2) is 13.1. The van der Waals surface area contributed by atoms with Crippen LogP contribution in [0.25, 0.3) is 0 Å². The van der Waals surface area contributed by atoms with E-state index in [0.717, 1.165) is 19.4 Å². The van der Waals surface area contributed by atoms with Crippen molar-refractivity contribution < 1.29 is 9.53 Å². The minimum Gasteiger partial charge on any atom is -0.383 e. The largest absolute Gasteiger partial charge is 0.383 e. The zero-order valence-corrected chi connectivity index (χ0v) is 15.4. The fraction of sp³-hybridized carbons (Fsp3) is 0.857. The molecule has 1 fully saturated rings. The van der Waals surface area contributed by atoms with Crippen LogP contribution in [0.2, 0.25) is 0 Å². The van der Waals surface area contributed by atoms with Gasteiger partial charge >= 0.3 is 0 Å². The van der Waals surface area contributed by atoms with Gasteiger partial charge in [0.15, 0.2) is 5.96 Å². The summed E-state index contributed by atoms with van der Waals surface area (Å²) in [7, 11) is 1.66. The van der Waals surface area contributed by atoms with E-state index in [0.29, 0.717) is 25.2 Å². The number of aliphatic imine (C=N–C) groups is 1. The number of guanidine groups is 1. The summed E-state index contributed by atoms with van der Waals surface area (Å²) in [6.07, 6.45) is 5.92. The second-order valence-corrected chi connectivity index (χ2v) is 5.02. The molecule has 3 N–H and O–H groups in total. The molecule has 1 rings (SSSR count). The van der Waals surface area contributed by atoms with E-state index in [2.05, 4.69) is 20.9 Å². The molecule has 0 unspecified atom stereocenters. The lowest BCUT2D eigenvalue weighted by Crippen LogP contribution is -2.41. The number of amides is 1. The Morgan fingerprint density at radius 3 is 2.57 bits per heavy atom. The number of carbonyl (C=O) groups excluding carboxylic acids is 1. The normalized spacial score (nSPS) is 16.0. The lowest BCUT2D eigenvalue weighted by molar-refractivity contribution is -0.120. The maximum Gasteiger partial charge on any atom is 0.242 e. The third-order valence-corrected chi connectivity index (χ3v) is 3.29. The first kappa shape index (κ1) is 20.4. The average Bonchev–Trinajstić information content (AvgIpc) is 2.46. The van der Waals surface area contributed by atoms with Gasteiger partial charge in [-0.2, -0.15) is 0 Å². The summed E-state index contributed by atoms with van der Waals surface area (Å²) in [6, 6.07) is 0.343. The quantitative estimate of drug-likeness (QED) is 0.255. The van der Waals surface area contributed by atoms with Crippen molar-refractivity contribution in [1.29, 1.82) is 0 Å². The summed E-state index contributed by atoms with van der Waals surface area (Å²) < 4.78 is 4.97. The van der Waals surface area contributed by atoms with Gasteiger partial charge in [-0.1, -0.05) is 19.3 Å². The smallest absolute Gasteiger partial charge is 0.242 e. The third kappa shape index (κ3) is 9.89. The number of methoxy groups -OCH3 is 1. The Hall–Kier alpha value is -0.570. The molecule has 1 aliphatic carbocycles. The summed E-state index contributed by atoms with van der Waals surface area (Å²) in [5.74, 6) is 0.657. The fourth-order valence-electron chi connectivity index (χ4n) is 2.28. The maximum absolute atomic E-state index is 11.9. The van der Waals surface area contributed by atoms with Gasteiger partial charge in [0.1, 0.15) is 6.54 Å². The molecular formula is C14H29IN4O2. The van der Waals surface area contributed by atoms with Crippen molar-refractivity contribution in [1.82, 2.24) is 16.0 Å². The molecule has 0 aromatic rings. The van der Waals surface area contributed by atoms with Gasteiger partial charge in [-0.25, -0.2) is 4.99 Å². The molecule has 0 aliphatic heterocycles. The van der Waals surface area contributed by atoms with E-state index in [1.807, 2.05) is 6.92 Å². The molecule has 1 aliphatic rings. The summed E-state index contributed by atoms with van der Waals surface area (Å²) in [6.45, 7) is 4.21. The van der Waals surface area contributed by atoms with Crippen LogP contribution in [-0.4, -0.2) is 51.3 Å².